The zero-order valence-corrected chi connectivity index (χ0v) is 11.8. The molecule has 2 aromatic carbocycles. The number of aromatic nitrogens is 2. The van der Waals surface area contributed by atoms with Crippen LogP contribution in [-0.2, 0) is 13.7 Å². The van der Waals surface area contributed by atoms with E-state index in [1.807, 2.05) is 67.8 Å². The van der Waals surface area contributed by atoms with Gasteiger partial charge in [0.15, 0.2) is 0 Å². The standard InChI is InChI=1S/C17H16N2O2/c1-19-12-14(11-18-19)13-20-15-7-9-17(10-8-15)21-16-5-3-2-4-6-16/h2-12H,13H2,1H3. The lowest BCUT2D eigenvalue weighted by Gasteiger charge is -2.07. The van der Waals surface area contributed by atoms with Crippen LogP contribution in [0.3, 0.4) is 0 Å². The zero-order valence-electron chi connectivity index (χ0n) is 11.8. The van der Waals surface area contributed by atoms with Crippen molar-refractivity contribution in [2.75, 3.05) is 0 Å². The fourth-order valence-corrected chi connectivity index (χ4v) is 1.94. The highest BCUT2D eigenvalue weighted by Gasteiger charge is 2.00. The Morgan fingerprint density at radius 2 is 1.57 bits per heavy atom. The van der Waals surface area contributed by atoms with Gasteiger partial charge in [0.1, 0.15) is 23.9 Å². The molecule has 0 N–H and O–H groups in total. The second kappa shape index (κ2) is 6.13. The van der Waals surface area contributed by atoms with Gasteiger partial charge in [0.2, 0.25) is 0 Å². The smallest absolute Gasteiger partial charge is 0.127 e. The molecule has 1 heterocycles. The van der Waals surface area contributed by atoms with Crippen LogP contribution in [0.15, 0.2) is 67.0 Å². The van der Waals surface area contributed by atoms with Crippen LogP contribution in [0.25, 0.3) is 0 Å². The van der Waals surface area contributed by atoms with Crippen molar-refractivity contribution in [1.29, 1.82) is 0 Å². The lowest BCUT2D eigenvalue weighted by Crippen LogP contribution is -1.94. The summed E-state index contributed by atoms with van der Waals surface area (Å²) < 4.78 is 13.2. The lowest BCUT2D eigenvalue weighted by molar-refractivity contribution is 0.305. The summed E-state index contributed by atoms with van der Waals surface area (Å²) in [5.41, 5.74) is 1.04. The maximum Gasteiger partial charge on any atom is 0.127 e. The molecule has 0 aliphatic heterocycles. The lowest BCUT2D eigenvalue weighted by atomic mass is 10.3. The van der Waals surface area contributed by atoms with Crippen molar-refractivity contribution in [3.63, 3.8) is 0 Å². The van der Waals surface area contributed by atoms with Crippen molar-refractivity contribution >= 4 is 0 Å². The molecule has 0 fully saturated rings. The monoisotopic (exact) mass is 280 g/mol. The number of nitrogens with zero attached hydrogens (tertiary/aromatic N) is 2. The van der Waals surface area contributed by atoms with Crippen LogP contribution in [0.2, 0.25) is 0 Å². The average molecular weight is 280 g/mol. The Morgan fingerprint density at radius 3 is 2.24 bits per heavy atom. The minimum absolute atomic E-state index is 0.507. The Morgan fingerprint density at radius 1 is 0.905 bits per heavy atom. The number of hydrogen-bond donors (Lipinski definition) is 0. The first-order valence-corrected chi connectivity index (χ1v) is 6.73. The van der Waals surface area contributed by atoms with E-state index in [9.17, 15) is 0 Å². The van der Waals surface area contributed by atoms with E-state index in [0.29, 0.717) is 6.61 Å². The highest BCUT2D eigenvalue weighted by atomic mass is 16.5. The molecule has 0 bridgehead atoms. The normalized spacial score (nSPS) is 10.3. The second-order valence-electron chi connectivity index (χ2n) is 4.70. The molecule has 1 aromatic heterocycles. The molecule has 3 aromatic rings. The van der Waals surface area contributed by atoms with Gasteiger partial charge in [-0.3, -0.25) is 4.68 Å². The van der Waals surface area contributed by atoms with Gasteiger partial charge >= 0.3 is 0 Å². The van der Waals surface area contributed by atoms with Gasteiger partial charge < -0.3 is 9.47 Å². The van der Waals surface area contributed by atoms with Crippen LogP contribution < -0.4 is 9.47 Å². The van der Waals surface area contributed by atoms with Crippen molar-refractivity contribution in [2.45, 2.75) is 6.61 Å². The van der Waals surface area contributed by atoms with Crippen molar-refractivity contribution in [1.82, 2.24) is 9.78 Å². The fraction of sp³-hybridized carbons (Fsp3) is 0.118. The van der Waals surface area contributed by atoms with E-state index in [-0.39, 0.29) is 0 Å². The molecule has 0 radical (unpaired) electrons. The maximum atomic E-state index is 5.73. The zero-order chi connectivity index (χ0) is 14.5. The molecule has 0 saturated heterocycles. The minimum Gasteiger partial charge on any atom is -0.489 e. The number of ether oxygens (including phenoxy) is 2. The average Bonchev–Trinajstić information content (AvgIpc) is 2.93. The molecule has 0 atom stereocenters. The van der Waals surface area contributed by atoms with Gasteiger partial charge in [-0.15, -0.1) is 0 Å². The quantitative estimate of drug-likeness (QED) is 0.713. The maximum absolute atomic E-state index is 5.73. The predicted molar refractivity (Wildman–Crippen MR) is 80.5 cm³/mol. The van der Waals surface area contributed by atoms with Gasteiger partial charge in [-0.1, -0.05) is 18.2 Å². The largest absolute Gasteiger partial charge is 0.489 e. The van der Waals surface area contributed by atoms with E-state index in [1.165, 1.54) is 0 Å². The third-order valence-corrected chi connectivity index (χ3v) is 2.97. The van der Waals surface area contributed by atoms with E-state index in [2.05, 4.69) is 5.10 Å². The van der Waals surface area contributed by atoms with Gasteiger partial charge in [-0.05, 0) is 36.4 Å². The Hall–Kier alpha value is -2.75. The van der Waals surface area contributed by atoms with Crippen LogP contribution in [0, 0.1) is 0 Å². The summed E-state index contributed by atoms with van der Waals surface area (Å²) in [7, 11) is 1.89. The Kier molecular flexibility index (Phi) is 3.87. The molecule has 4 heteroatoms. The number of rotatable bonds is 5. The van der Waals surface area contributed by atoms with Crippen molar-refractivity contribution in [3.05, 3.63) is 72.6 Å². The molecule has 0 amide bonds. The van der Waals surface area contributed by atoms with E-state index < -0.39 is 0 Å². The summed E-state index contributed by atoms with van der Waals surface area (Å²) in [6, 6.07) is 17.3. The Labute approximate surface area is 123 Å². The van der Waals surface area contributed by atoms with Gasteiger partial charge in [-0.25, -0.2) is 0 Å². The molecule has 21 heavy (non-hydrogen) atoms. The molecule has 106 valence electrons. The first-order chi connectivity index (χ1) is 10.3. The van der Waals surface area contributed by atoms with Crippen LogP contribution in [0.5, 0.6) is 17.2 Å². The van der Waals surface area contributed by atoms with Crippen LogP contribution >= 0.6 is 0 Å². The number of hydrogen-bond acceptors (Lipinski definition) is 3. The van der Waals surface area contributed by atoms with Crippen molar-refractivity contribution in [3.8, 4) is 17.2 Å². The van der Waals surface area contributed by atoms with E-state index in [4.69, 9.17) is 9.47 Å². The summed E-state index contributed by atoms with van der Waals surface area (Å²) in [5.74, 6) is 2.41. The molecule has 4 nitrogen and oxygen atoms in total. The third kappa shape index (κ3) is 3.63. The van der Waals surface area contributed by atoms with Crippen LogP contribution in [-0.4, -0.2) is 9.78 Å². The number of aryl methyl sites for hydroxylation is 1. The molecular formula is C17H16N2O2. The SMILES string of the molecule is Cn1cc(COc2ccc(Oc3ccccc3)cc2)cn1. The Balaban J connectivity index is 1.59. The Bertz CT molecular complexity index is 690. The molecule has 0 spiro atoms. The molecule has 0 unspecified atom stereocenters. The first kappa shape index (κ1) is 13.2. The van der Waals surface area contributed by atoms with Gasteiger partial charge in [-0.2, -0.15) is 5.10 Å². The number of para-hydroxylation sites is 1. The first-order valence-electron chi connectivity index (χ1n) is 6.73. The highest BCUT2D eigenvalue weighted by molar-refractivity contribution is 5.35. The van der Waals surface area contributed by atoms with Crippen molar-refractivity contribution < 1.29 is 9.47 Å². The molecule has 3 rings (SSSR count). The second-order valence-corrected chi connectivity index (χ2v) is 4.70. The summed E-state index contributed by atoms with van der Waals surface area (Å²) in [4.78, 5) is 0. The van der Waals surface area contributed by atoms with Crippen LogP contribution in [0.4, 0.5) is 0 Å². The third-order valence-electron chi connectivity index (χ3n) is 2.97. The summed E-state index contributed by atoms with van der Waals surface area (Å²) in [5, 5.41) is 4.11. The van der Waals surface area contributed by atoms with E-state index >= 15 is 0 Å². The predicted octanol–water partition coefficient (Wildman–Crippen LogP) is 3.79. The summed E-state index contributed by atoms with van der Waals surface area (Å²) in [6.45, 7) is 0.507. The van der Waals surface area contributed by atoms with E-state index in [1.54, 1.807) is 10.9 Å². The minimum atomic E-state index is 0.507. The van der Waals surface area contributed by atoms with Gasteiger partial charge in [0, 0.05) is 18.8 Å². The van der Waals surface area contributed by atoms with Gasteiger partial charge in [0.05, 0.1) is 6.20 Å². The van der Waals surface area contributed by atoms with Gasteiger partial charge in [0.25, 0.3) is 0 Å². The molecule has 0 saturated carbocycles. The molecule has 0 aliphatic rings. The highest BCUT2D eigenvalue weighted by Crippen LogP contribution is 2.23. The fourth-order valence-electron chi connectivity index (χ4n) is 1.94. The van der Waals surface area contributed by atoms with E-state index in [0.717, 1.165) is 22.8 Å². The van der Waals surface area contributed by atoms with Crippen LogP contribution in [0.1, 0.15) is 5.56 Å². The molecular weight excluding hydrogens is 264 g/mol. The number of benzene rings is 2. The van der Waals surface area contributed by atoms with Crippen molar-refractivity contribution in [2.24, 2.45) is 7.05 Å². The topological polar surface area (TPSA) is 36.3 Å². The summed E-state index contributed by atoms with van der Waals surface area (Å²) >= 11 is 0. The summed E-state index contributed by atoms with van der Waals surface area (Å²) in [6.07, 6.45) is 3.74. The molecule has 0 aliphatic carbocycles.